The van der Waals surface area contributed by atoms with Crippen molar-refractivity contribution in [2.45, 2.75) is 39.7 Å². The average Bonchev–Trinajstić information content (AvgIpc) is 2.36. The van der Waals surface area contributed by atoms with Gasteiger partial charge in [-0.25, -0.2) is 4.98 Å². The van der Waals surface area contributed by atoms with E-state index in [0.29, 0.717) is 18.4 Å². The van der Waals surface area contributed by atoms with E-state index in [4.69, 9.17) is 16.3 Å². The van der Waals surface area contributed by atoms with Crippen molar-refractivity contribution in [2.75, 3.05) is 17.8 Å². The van der Waals surface area contributed by atoms with Gasteiger partial charge in [0.05, 0.1) is 6.61 Å². The number of halogens is 1. The third-order valence-corrected chi connectivity index (χ3v) is 2.89. The number of pyridine rings is 1. The summed E-state index contributed by atoms with van der Waals surface area (Å²) >= 11 is 5.99. The molecule has 3 nitrogen and oxygen atoms in total. The quantitative estimate of drug-likeness (QED) is 0.727. The number of anilines is 1. The van der Waals surface area contributed by atoms with E-state index in [-0.39, 0.29) is 6.04 Å². The summed E-state index contributed by atoms with van der Waals surface area (Å²) in [4.78, 5) is 4.33. The van der Waals surface area contributed by atoms with Gasteiger partial charge in [0.2, 0.25) is 0 Å². The monoisotopic (exact) mass is 270 g/mol. The minimum atomic E-state index is 0.227. The Balaban J connectivity index is 2.69. The maximum atomic E-state index is 5.99. The van der Waals surface area contributed by atoms with E-state index in [0.717, 1.165) is 24.4 Å². The van der Waals surface area contributed by atoms with Gasteiger partial charge < -0.3 is 10.1 Å². The molecule has 1 aromatic heterocycles. The molecule has 0 aliphatic heterocycles. The van der Waals surface area contributed by atoms with Gasteiger partial charge in [-0.15, -0.1) is 11.6 Å². The molecule has 1 heterocycles. The van der Waals surface area contributed by atoms with Gasteiger partial charge in [-0.05, 0) is 30.9 Å². The molecule has 0 radical (unpaired) electrons. The van der Waals surface area contributed by atoms with Crippen LogP contribution in [0.1, 0.15) is 33.6 Å². The van der Waals surface area contributed by atoms with E-state index >= 15 is 0 Å². The zero-order valence-corrected chi connectivity index (χ0v) is 12.2. The van der Waals surface area contributed by atoms with E-state index in [9.17, 15) is 0 Å². The summed E-state index contributed by atoms with van der Waals surface area (Å²) in [5.41, 5.74) is 0. The molecule has 0 fully saturated rings. The third-order valence-electron chi connectivity index (χ3n) is 2.52. The SMILES string of the molecule is CCCOc1cccnc1NC(CCl)CC(C)C. The third kappa shape index (κ3) is 5.13. The summed E-state index contributed by atoms with van der Waals surface area (Å²) in [5.74, 6) is 2.77. The number of rotatable bonds is 8. The van der Waals surface area contributed by atoms with Crippen molar-refractivity contribution in [3.63, 3.8) is 0 Å². The molecule has 1 atom stereocenters. The fourth-order valence-electron chi connectivity index (χ4n) is 1.75. The van der Waals surface area contributed by atoms with Gasteiger partial charge in [-0.2, -0.15) is 0 Å². The highest BCUT2D eigenvalue weighted by molar-refractivity contribution is 6.18. The molecule has 0 aliphatic rings. The van der Waals surface area contributed by atoms with Crippen LogP contribution in [0.4, 0.5) is 5.82 Å². The number of nitrogens with zero attached hydrogens (tertiary/aromatic N) is 1. The Morgan fingerprint density at radius 2 is 2.22 bits per heavy atom. The normalized spacial score (nSPS) is 12.5. The number of hydrogen-bond acceptors (Lipinski definition) is 3. The zero-order chi connectivity index (χ0) is 13.4. The second-order valence-corrected chi connectivity index (χ2v) is 5.13. The van der Waals surface area contributed by atoms with E-state index in [1.807, 2.05) is 12.1 Å². The van der Waals surface area contributed by atoms with E-state index in [1.165, 1.54) is 0 Å². The van der Waals surface area contributed by atoms with Crippen molar-refractivity contribution in [3.8, 4) is 5.75 Å². The Morgan fingerprint density at radius 1 is 1.44 bits per heavy atom. The van der Waals surface area contributed by atoms with Crippen molar-refractivity contribution in [3.05, 3.63) is 18.3 Å². The van der Waals surface area contributed by atoms with Crippen LogP contribution in [-0.2, 0) is 0 Å². The van der Waals surface area contributed by atoms with Crippen molar-refractivity contribution in [2.24, 2.45) is 5.92 Å². The highest BCUT2D eigenvalue weighted by Crippen LogP contribution is 2.23. The van der Waals surface area contributed by atoms with Crippen LogP contribution in [-0.4, -0.2) is 23.5 Å². The van der Waals surface area contributed by atoms with Gasteiger partial charge in [-0.3, -0.25) is 0 Å². The molecular formula is C14H23ClN2O. The minimum absolute atomic E-state index is 0.227. The van der Waals surface area contributed by atoms with Gasteiger partial charge >= 0.3 is 0 Å². The number of hydrogen-bond donors (Lipinski definition) is 1. The summed E-state index contributed by atoms with van der Waals surface area (Å²) < 4.78 is 5.67. The van der Waals surface area contributed by atoms with E-state index in [1.54, 1.807) is 6.20 Å². The first kappa shape index (κ1) is 15.1. The second kappa shape index (κ2) is 8.20. The standard InChI is InChI=1S/C14H23ClN2O/c1-4-8-18-13-6-5-7-16-14(13)17-12(10-15)9-11(2)3/h5-7,11-12H,4,8-10H2,1-3H3,(H,16,17). The Bertz CT molecular complexity index is 344. The predicted octanol–water partition coefficient (Wildman–Crippen LogP) is 3.94. The number of aromatic nitrogens is 1. The smallest absolute Gasteiger partial charge is 0.169 e. The van der Waals surface area contributed by atoms with Crippen molar-refractivity contribution in [1.29, 1.82) is 0 Å². The highest BCUT2D eigenvalue weighted by atomic mass is 35.5. The summed E-state index contributed by atoms with van der Waals surface area (Å²) in [6.45, 7) is 7.17. The summed E-state index contributed by atoms with van der Waals surface area (Å²) in [5, 5.41) is 3.37. The number of nitrogens with one attached hydrogen (secondary N) is 1. The summed E-state index contributed by atoms with van der Waals surface area (Å²) in [6, 6.07) is 4.05. The van der Waals surface area contributed by atoms with Crippen LogP contribution in [0.5, 0.6) is 5.75 Å². The zero-order valence-electron chi connectivity index (χ0n) is 11.4. The first-order valence-electron chi connectivity index (χ1n) is 6.57. The lowest BCUT2D eigenvalue weighted by atomic mass is 10.1. The molecule has 0 bridgehead atoms. The maximum Gasteiger partial charge on any atom is 0.169 e. The lowest BCUT2D eigenvalue weighted by Gasteiger charge is -2.20. The Hall–Kier alpha value is -0.960. The maximum absolute atomic E-state index is 5.99. The number of ether oxygens (including phenoxy) is 1. The number of alkyl halides is 1. The van der Waals surface area contributed by atoms with E-state index < -0.39 is 0 Å². The minimum Gasteiger partial charge on any atom is -0.490 e. The molecular weight excluding hydrogens is 248 g/mol. The first-order valence-corrected chi connectivity index (χ1v) is 7.11. The van der Waals surface area contributed by atoms with Gasteiger partial charge in [0, 0.05) is 18.1 Å². The highest BCUT2D eigenvalue weighted by Gasteiger charge is 2.13. The molecule has 1 unspecified atom stereocenters. The fraction of sp³-hybridized carbons (Fsp3) is 0.643. The molecule has 0 amide bonds. The Morgan fingerprint density at radius 3 is 2.83 bits per heavy atom. The molecule has 4 heteroatoms. The molecule has 1 rings (SSSR count). The second-order valence-electron chi connectivity index (χ2n) is 4.82. The molecule has 102 valence electrons. The molecule has 0 saturated heterocycles. The van der Waals surface area contributed by atoms with Crippen molar-refractivity contribution < 1.29 is 4.74 Å². The first-order chi connectivity index (χ1) is 8.67. The molecule has 18 heavy (non-hydrogen) atoms. The lowest BCUT2D eigenvalue weighted by Crippen LogP contribution is -2.24. The van der Waals surface area contributed by atoms with Gasteiger partial charge in [0.25, 0.3) is 0 Å². The van der Waals surface area contributed by atoms with Crippen LogP contribution < -0.4 is 10.1 Å². The van der Waals surface area contributed by atoms with E-state index in [2.05, 4.69) is 31.1 Å². The summed E-state index contributed by atoms with van der Waals surface area (Å²) in [7, 11) is 0. The Labute approximate surface area is 115 Å². The van der Waals surface area contributed by atoms with Gasteiger partial charge in [-0.1, -0.05) is 20.8 Å². The average molecular weight is 271 g/mol. The van der Waals surface area contributed by atoms with Crippen LogP contribution in [0, 0.1) is 5.92 Å². The lowest BCUT2D eigenvalue weighted by molar-refractivity contribution is 0.317. The predicted molar refractivity (Wildman–Crippen MR) is 77.6 cm³/mol. The molecule has 0 saturated carbocycles. The summed E-state index contributed by atoms with van der Waals surface area (Å²) in [6.07, 6.45) is 3.77. The molecule has 1 N–H and O–H groups in total. The van der Waals surface area contributed by atoms with Crippen LogP contribution in [0.3, 0.4) is 0 Å². The fourth-order valence-corrected chi connectivity index (χ4v) is 1.95. The van der Waals surface area contributed by atoms with Crippen molar-refractivity contribution >= 4 is 17.4 Å². The molecule has 0 aliphatic carbocycles. The van der Waals surface area contributed by atoms with Crippen LogP contribution in [0.25, 0.3) is 0 Å². The topological polar surface area (TPSA) is 34.1 Å². The Kier molecular flexibility index (Phi) is 6.88. The van der Waals surface area contributed by atoms with Crippen LogP contribution in [0.2, 0.25) is 0 Å². The van der Waals surface area contributed by atoms with Crippen molar-refractivity contribution in [1.82, 2.24) is 4.98 Å². The largest absolute Gasteiger partial charge is 0.490 e. The van der Waals surface area contributed by atoms with Gasteiger partial charge in [0.15, 0.2) is 11.6 Å². The van der Waals surface area contributed by atoms with Crippen LogP contribution >= 0.6 is 11.6 Å². The van der Waals surface area contributed by atoms with Crippen LogP contribution in [0.15, 0.2) is 18.3 Å². The molecule has 0 aromatic carbocycles. The van der Waals surface area contributed by atoms with Gasteiger partial charge in [0.1, 0.15) is 0 Å². The molecule has 1 aromatic rings. The molecule has 0 spiro atoms.